The summed E-state index contributed by atoms with van der Waals surface area (Å²) in [5.41, 5.74) is 1.40. The third kappa shape index (κ3) is 4.80. The van der Waals surface area contributed by atoms with E-state index in [1.165, 1.54) is 27.4 Å². The minimum Gasteiger partial charge on any atom is -0.495 e. The Kier molecular flexibility index (Phi) is 6.68. The number of nitrogens with one attached hydrogen (secondary N) is 2. The highest BCUT2D eigenvalue weighted by atomic mass is 35.5. The molecule has 1 amide bonds. The highest BCUT2D eigenvalue weighted by molar-refractivity contribution is 6.32. The van der Waals surface area contributed by atoms with Gasteiger partial charge in [0, 0.05) is 17.8 Å². The maximum absolute atomic E-state index is 12.2. The molecular weight excluding hydrogens is 360 g/mol. The van der Waals surface area contributed by atoms with Gasteiger partial charge in [-0.25, -0.2) is 4.79 Å². The predicted molar refractivity (Wildman–Crippen MR) is 99.5 cm³/mol. The van der Waals surface area contributed by atoms with Crippen LogP contribution in [-0.2, 0) is 9.53 Å². The lowest BCUT2D eigenvalue weighted by atomic mass is 10.2. The SMILES string of the molecule is COC(=O)c1cccc(NC(=O)CNc2cc(OC)c(Cl)cc2OC)c1. The van der Waals surface area contributed by atoms with Gasteiger partial charge in [0.05, 0.1) is 44.1 Å². The molecule has 0 aromatic heterocycles. The molecule has 0 radical (unpaired) electrons. The van der Waals surface area contributed by atoms with Crippen molar-refractivity contribution in [3.05, 3.63) is 47.0 Å². The van der Waals surface area contributed by atoms with Crippen LogP contribution in [0.2, 0.25) is 5.02 Å². The van der Waals surface area contributed by atoms with Gasteiger partial charge in [-0.2, -0.15) is 0 Å². The second-order valence-electron chi connectivity index (χ2n) is 5.16. The number of esters is 1. The Hall–Kier alpha value is -2.93. The monoisotopic (exact) mass is 378 g/mol. The smallest absolute Gasteiger partial charge is 0.337 e. The van der Waals surface area contributed by atoms with Gasteiger partial charge in [-0.15, -0.1) is 0 Å². The van der Waals surface area contributed by atoms with Crippen molar-refractivity contribution in [2.75, 3.05) is 38.5 Å². The zero-order valence-corrected chi connectivity index (χ0v) is 15.3. The molecule has 2 N–H and O–H groups in total. The summed E-state index contributed by atoms with van der Waals surface area (Å²) in [5, 5.41) is 6.07. The van der Waals surface area contributed by atoms with E-state index in [-0.39, 0.29) is 12.5 Å². The fourth-order valence-electron chi connectivity index (χ4n) is 2.22. The summed E-state index contributed by atoms with van der Waals surface area (Å²) in [6.45, 7) is -0.0242. The topological polar surface area (TPSA) is 85.9 Å². The molecule has 0 spiro atoms. The van der Waals surface area contributed by atoms with Crippen LogP contribution >= 0.6 is 11.6 Å². The lowest BCUT2D eigenvalue weighted by Gasteiger charge is -2.14. The van der Waals surface area contributed by atoms with Crippen molar-refractivity contribution in [1.29, 1.82) is 0 Å². The van der Waals surface area contributed by atoms with Gasteiger partial charge in [-0.1, -0.05) is 17.7 Å². The number of ether oxygens (including phenoxy) is 3. The summed E-state index contributed by atoms with van der Waals surface area (Å²) in [6, 6.07) is 9.71. The lowest BCUT2D eigenvalue weighted by Crippen LogP contribution is -2.22. The summed E-state index contributed by atoms with van der Waals surface area (Å²) < 4.78 is 15.1. The molecule has 138 valence electrons. The molecule has 8 heteroatoms. The normalized spacial score (nSPS) is 10.0. The average molecular weight is 379 g/mol. The van der Waals surface area contributed by atoms with Crippen LogP contribution in [0.3, 0.4) is 0 Å². The number of hydrogen-bond donors (Lipinski definition) is 2. The number of amides is 1. The van der Waals surface area contributed by atoms with E-state index in [9.17, 15) is 9.59 Å². The van der Waals surface area contributed by atoms with Crippen LogP contribution in [0.25, 0.3) is 0 Å². The van der Waals surface area contributed by atoms with Crippen molar-refractivity contribution >= 4 is 34.9 Å². The van der Waals surface area contributed by atoms with Crippen molar-refractivity contribution in [1.82, 2.24) is 0 Å². The Morgan fingerprint density at radius 3 is 2.42 bits per heavy atom. The molecule has 0 heterocycles. The van der Waals surface area contributed by atoms with Crippen LogP contribution in [0.5, 0.6) is 11.5 Å². The third-order valence-corrected chi connectivity index (χ3v) is 3.78. The second-order valence-corrected chi connectivity index (χ2v) is 5.57. The van der Waals surface area contributed by atoms with Gasteiger partial charge in [-0.3, -0.25) is 4.79 Å². The van der Waals surface area contributed by atoms with E-state index in [1.807, 2.05) is 0 Å². The molecule has 2 aromatic rings. The van der Waals surface area contributed by atoms with Gasteiger partial charge in [0.1, 0.15) is 11.5 Å². The maximum Gasteiger partial charge on any atom is 0.337 e. The molecule has 7 nitrogen and oxygen atoms in total. The number of benzene rings is 2. The van der Waals surface area contributed by atoms with Gasteiger partial charge in [-0.05, 0) is 18.2 Å². The summed E-state index contributed by atoms with van der Waals surface area (Å²) in [7, 11) is 4.30. The summed E-state index contributed by atoms with van der Waals surface area (Å²) >= 11 is 6.05. The number of hydrogen-bond acceptors (Lipinski definition) is 6. The Balaban J connectivity index is 2.04. The zero-order valence-electron chi connectivity index (χ0n) is 14.6. The Bertz CT molecular complexity index is 810. The largest absolute Gasteiger partial charge is 0.495 e. The summed E-state index contributed by atoms with van der Waals surface area (Å²) in [5.74, 6) is 0.164. The van der Waals surface area contributed by atoms with E-state index in [4.69, 9.17) is 21.1 Å². The van der Waals surface area contributed by atoms with Gasteiger partial charge in [0.25, 0.3) is 0 Å². The molecule has 0 aliphatic carbocycles. The minimum absolute atomic E-state index is 0.0242. The summed E-state index contributed by atoms with van der Waals surface area (Å²) in [4.78, 5) is 23.7. The predicted octanol–water partition coefficient (Wildman–Crippen LogP) is 3.19. The first-order valence-electron chi connectivity index (χ1n) is 7.62. The van der Waals surface area contributed by atoms with E-state index in [2.05, 4.69) is 15.4 Å². The van der Waals surface area contributed by atoms with E-state index >= 15 is 0 Å². The number of anilines is 2. The highest BCUT2D eigenvalue weighted by Gasteiger charge is 2.12. The van der Waals surface area contributed by atoms with Crippen LogP contribution in [0.15, 0.2) is 36.4 Å². The first kappa shape index (κ1) is 19.4. The van der Waals surface area contributed by atoms with E-state index in [0.29, 0.717) is 33.5 Å². The van der Waals surface area contributed by atoms with Gasteiger partial charge in [0.15, 0.2) is 0 Å². The van der Waals surface area contributed by atoms with Crippen molar-refractivity contribution in [2.45, 2.75) is 0 Å². The van der Waals surface area contributed by atoms with Crippen LogP contribution in [0.4, 0.5) is 11.4 Å². The molecule has 0 aliphatic heterocycles. The number of halogens is 1. The number of carbonyl (C=O) groups excluding carboxylic acids is 2. The minimum atomic E-state index is -0.475. The molecule has 0 saturated carbocycles. The number of methoxy groups -OCH3 is 3. The quantitative estimate of drug-likeness (QED) is 0.719. The molecule has 0 aliphatic rings. The number of rotatable bonds is 7. The molecule has 0 fully saturated rings. The second kappa shape index (κ2) is 8.96. The zero-order chi connectivity index (χ0) is 19.1. The molecule has 2 rings (SSSR count). The Morgan fingerprint density at radius 1 is 1.04 bits per heavy atom. The van der Waals surface area contributed by atoms with E-state index in [0.717, 1.165) is 0 Å². The first-order valence-corrected chi connectivity index (χ1v) is 8.00. The van der Waals surface area contributed by atoms with E-state index < -0.39 is 5.97 Å². The van der Waals surface area contributed by atoms with Crippen molar-refractivity contribution in [3.8, 4) is 11.5 Å². The van der Waals surface area contributed by atoms with Crippen molar-refractivity contribution in [3.63, 3.8) is 0 Å². The average Bonchev–Trinajstić information content (AvgIpc) is 2.66. The molecule has 0 bridgehead atoms. The molecule has 2 aromatic carbocycles. The highest BCUT2D eigenvalue weighted by Crippen LogP contribution is 2.35. The molecule has 0 saturated heterocycles. The summed E-state index contributed by atoms with van der Waals surface area (Å²) in [6.07, 6.45) is 0. The fraction of sp³-hybridized carbons (Fsp3) is 0.222. The van der Waals surface area contributed by atoms with Crippen LogP contribution < -0.4 is 20.1 Å². The molecular formula is C18H19ClN2O5. The maximum atomic E-state index is 12.2. The standard InChI is InChI=1S/C18H19ClN2O5/c1-24-15-9-14(16(25-2)8-13(15)19)20-10-17(22)21-12-6-4-5-11(7-12)18(23)26-3/h4-9,20H,10H2,1-3H3,(H,21,22). The third-order valence-electron chi connectivity index (χ3n) is 3.48. The molecule has 0 atom stereocenters. The lowest BCUT2D eigenvalue weighted by molar-refractivity contribution is -0.114. The fourth-order valence-corrected chi connectivity index (χ4v) is 2.45. The van der Waals surface area contributed by atoms with Crippen LogP contribution in [0.1, 0.15) is 10.4 Å². The number of carbonyl (C=O) groups is 2. The Labute approximate surface area is 156 Å². The Morgan fingerprint density at radius 2 is 1.77 bits per heavy atom. The van der Waals surface area contributed by atoms with Crippen molar-refractivity contribution < 1.29 is 23.8 Å². The van der Waals surface area contributed by atoms with Gasteiger partial charge in [0.2, 0.25) is 5.91 Å². The van der Waals surface area contributed by atoms with Crippen molar-refractivity contribution in [2.24, 2.45) is 0 Å². The molecule has 26 heavy (non-hydrogen) atoms. The van der Waals surface area contributed by atoms with Gasteiger partial charge >= 0.3 is 5.97 Å². The molecule has 0 unspecified atom stereocenters. The first-order chi connectivity index (χ1) is 12.5. The van der Waals surface area contributed by atoms with Crippen LogP contribution in [-0.4, -0.2) is 39.8 Å². The van der Waals surface area contributed by atoms with E-state index in [1.54, 1.807) is 30.3 Å². The van der Waals surface area contributed by atoms with Gasteiger partial charge < -0.3 is 24.8 Å². The van der Waals surface area contributed by atoms with Crippen LogP contribution in [0, 0.1) is 0 Å².